The van der Waals surface area contributed by atoms with Crippen molar-refractivity contribution in [2.75, 3.05) is 0 Å². The summed E-state index contributed by atoms with van der Waals surface area (Å²) in [7, 11) is 0. The molecule has 1 amide bonds. The maximum absolute atomic E-state index is 13.1. The summed E-state index contributed by atoms with van der Waals surface area (Å²) in [5.74, 6) is -0.266. The Hall–Kier alpha value is -3.19. The van der Waals surface area contributed by atoms with E-state index in [1.54, 1.807) is 17.0 Å². The van der Waals surface area contributed by atoms with Gasteiger partial charge in [0, 0.05) is 5.39 Å². The van der Waals surface area contributed by atoms with E-state index in [9.17, 15) is 4.79 Å². The molecule has 0 bridgehead atoms. The van der Waals surface area contributed by atoms with E-state index >= 15 is 0 Å². The van der Waals surface area contributed by atoms with Gasteiger partial charge in [0.05, 0.1) is 35.0 Å². The molecular formula is C18H13ClN4O3. The highest BCUT2D eigenvalue weighted by molar-refractivity contribution is 6.35. The molecule has 0 atom stereocenters. The molecule has 0 unspecified atom stereocenters. The highest BCUT2D eigenvalue weighted by Crippen LogP contribution is 2.22. The van der Waals surface area contributed by atoms with E-state index in [2.05, 4.69) is 15.0 Å². The van der Waals surface area contributed by atoms with Gasteiger partial charge in [0.1, 0.15) is 18.2 Å². The lowest BCUT2D eigenvalue weighted by Gasteiger charge is -2.20. The number of benzene rings is 1. The van der Waals surface area contributed by atoms with Gasteiger partial charge in [0.15, 0.2) is 12.8 Å². The molecule has 0 aliphatic rings. The topological polar surface area (TPSA) is 85.3 Å². The third-order valence-electron chi connectivity index (χ3n) is 3.85. The highest BCUT2D eigenvalue weighted by atomic mass is 35.5. The molecule has 0 N–H and O–H groups in total. The molecule has 4 aromatic rings. The van der Waals surface area contributed by atoms with E-state index in [-0.39, 0.29) is 24.7 Å². The Morgan fingerprint density at radius 3 is 2.31 bits per heavy atom. The number of carbonyl (C=O) groups excluding carboxylic acids is 1. The van der Waals surface area contributed by atoms with Crippen LogP contribution in [0.4, 0.5) is 0 Å². The minimum Gasteiger partial charge on any atom is -0.451 e. The number of carbonyl (C=O) groups is 1. The number of fused-ring (bicyclic) bond motifs is 1. The summed E-state index contributed by atoms with van der Waals surface area (Å²) in [6.45, 7) is 0.509. The molecule has 130 valence electrons. The second kappa shape index (κ2) is 6.97. The number of rotatable bonds is 5. The van der Waals surface area contributed by atoms with Crippen molar-refractivity contribution < 1.29 is 13.6 Å². The van der Waals surface area contributed by atoms with Crippen molar-refractivity contribution in [1.82, 2.24) is 19.9 Å². The lowest BCUT2D eigenvalue weighted by atomic mass is 10.2. The normalized spacial score (nSPS) is 11.0. The minimum absolute atomic E-state index is 0.254. The Balaban J connectivity index is 1.67. The number of para-hydroxylation sites is 1. The van der Waals surface area contributed by atoms with E-state index in [4.69, 9.17) is 20.4 Å². The van der Waals surface area contributed by atoms with Crippen LogP contribution in [0.1, 0.15) is 21.9 Å². The van der Waals surface area contributed by atoms with Crippen LogP contribution < -0.4 is 0 Å². The summed E-state index contributed by atoms with van der Waals surface area (Å²) < 4.78 is 9.99. The quantitative estimate of drug-likeness (QED) is 0.534. The lowest BCUT2D eigenvalue weighted by molar-refractivity contribution is 0.0720. The van der Waals surface area contributed by atoms with E-state index in [1.165, 1.54) is 25.3 Å². The van der Waals surface area contributed by atoms with Crippen LogP contribution in [0.25, 0.3) is 10.9 Å². The van der Waals surface area contributed by atoms with Crippen LogP contribution >= 0.6 is 11.6 Å². The number of nitrogens with zero attached hydrogens (tertiary/aromatic N) is 4. The van der Waals surface area contributed by atoms with E-state index in [0.29, 0.717) is 21.9 Å². The monoisotopic (exact) mass is 368 g/mol. The second-order valence-electron chi connectivity index (χ2n) is 5.63. The number of amides is 1. The number of pyridine rings is 1. The molecule has 0 saturated heterocycles. The zero-order valence-corrected chi connectivity index (χ0v) is 14.3. The fourth-order valence-corrected chi connectivity index (χ4v) is 2.84. The standard InChI is InChI=1S/C18H13ClN4O3/c19-15-3-1-2-12-4-5-16(22-17(12)15)18(24)23(6-13-8-25-10-20-13)7-14-9-26-11-21-14/h1-5,8-11H,6-7H2. The summed E-state index contributed by atoms with van der Waals surface area (Å²) in [4.78, 5) is 27.2. The smallest absolute Gasteiger partial charge is 0.273 e. The first kappa shape index (κ1) is 16.3. The van der Waals surface area contributed by atoms with Crippen LogP contribution in [0.15, 0.2) is 64.5 Å². The lowest BCUT2D eigenvalue weighted by Crippen LogP contribution is -2.31. The Kier molecular flexibility index (Phi) is 4.37. The van der Waals surface area contributed by atoms with E-state index < -0.39 is 0 Å². The molecular weight excluding hydrogens is 356 g/mol. The second-order valence-corrected chi connectivity index (χ2v) is 6.04. The largest absolute Gasteiger partial charge is 0.451 e. The molecule has 0 saturated carbocycles. The van der Waals surface area contributed by atoms with Crippen LogP contribution in [0.5, 0.6) is 0 Å². The van der Waals surface area contributed by atoms with Gasteiger partial charge in [-0.25, -0.2) is 15.0 Å². The summed E-state index contributed by atoms with van der Waals surface area (Å²) in [5.41, 5.74) is 2.13. The number of oxazole rings is 2. The molecule has 3 aromatic heterocycles. The van der Waals surface area contributed by atoms with Crippen molar-refractivity contribution in [3.8, 4) is 0 Å². The summed E-state index contributed by atoms with van der Waals surface area (Å²) in [6, 6.07) is 8.99. The zero-order valence-electron chi connectivity index (χ0n) is 13.5. The van der Waals surface area contributed by atoms with E-state index in [0.717, 1.165) is 5.39 Å². The Morgan fingerprint density at radius 1 is 1.00 bits per heavy atom. The first-order valence-electron chi connectivity index (χ1n) is 7.79. The molecule has 1 aromatic carbocycles. The highest BCUT2D eigenvalue weighted by Gasteiger charge is 2.20. The molecule has 7 nitrogen and oxygen atoms in total. The fraction of sp³-hybridized carbons (Fsp3) is 0.111. The van der Waals surface area contributed by atoms with Gasteiger partial charge >= 0.3 is 0 Å². The molecule has 0 spiro atoms. The number of hydrogen-bond acceptors (Lipinski definition) is 6. The molecule has 3 heterocycles. The van der Waals surface area contributed by atoms with Gasteiger partial charge in [-0.2, -0.15) is 0 Å². The van der Waals surface area contributed by atoms with Gasteiger partial charge in [0.2, 0.25) is 0 Å². The van der Waals surface area contributed by atoms with Crippen LogP contribution in [-0.4, -0.2) is 25.8 Å². The van der Waals surface area contributed by atoms with E-state index in [1.807, 2.05) is 18.2 Å². The van der Waals surface area contributed by atoms with Crippen molar-refractivity contribution in [2.24, 2.45) is 0 Å². The van der Waals surface area contributed by atoms with Crippen LogP contribution in [0.2, 0.25) is 5.02 Å². The third kappa shape index (κ3) is 3.29. The molecule has 0 fully saturated rings. The van der Waals surface area contributed by atoms with Crippen molar-refractivity contribution in [3.63, 3.8) is 0 Å². The van der Waals surface area contributed by atoms with Gasteiger partial charge in [-0.3, -0.25) is 4.79 Å². The molecule has 0 aliphatic heterocycles. The van der Waals surface area contributed by atoms with Crippen molar-refractivity contribution in [1.29, 1.82) is 0 Å². The number of hydrogen-bond donors (Lipinski definition) is 0. The van der Waals surface area contributed by atoms with Gasteiger partial charge < -0.3 is 13.7 Å². The molecule has 8 heteroatoms. The van der Waals surface area contributed by atoms with Crippen molar-refractivity contribution >= 4 is 28.4 Å². The van der Waals surface area contributed by atoms with Gasteiger partial charge in [-0.15, -0.1) is 0 Å². The Bertz CT molecular complexity index is 996. The molecule has 26 heavy (non-hydrogen) atoms. The third-order valence-corrected chi connectivity index (χ3v) is 4.15. The Labute approximate surface area is 153 Å². The average Bonchev–Trinajstić information content (AvgIpc) is 3.35. The van der Waals surface area contributed by atoms with Gasteiger partial charge in [-0.1, -0.05) is 29.8 Å². The van der Waals surface area contributed by atoms with Gasteiger partial charge in [-0.05, 0) is 12.1 Å². The van der Waals surface area contributed by atoms with Crippen LogP contribution in [0.3, 0.4) is 0 Å². The summed E-state index contributed by atoms with van der Waals surface area (Å²) >= 11 is 6.21. The number of aromatic nitrogens is 3. The first-order chi connectivity index (χ1) is 12.7. The molecule has 0 radical (unpaired) electrons. The SMILES string of the molecule is O=C(c1ccc2cccc(Cl)c2n1)N(Cc1cocn1)Cc1cocn1. The first-order valence-corrected chi connectivity index (χ1v) is 8.17. The predicted molar refractivity (Wildman–Crippen MR) is 93.3 cm³/mol. The minimum atomic E-state index is -0.266. The molecule has 0 aliphatic carbocycles. The fourth-order valence-electron chi connectivity index (χ4n) is 2.61. The van der Waals surface area contributed by atoms with Crippen molar-refractivity contribution in [3.05, 3.63) is 77.7 Å². The maximum atomic E-state index is 13.1. The molecule has 4 rings (SSSR count). The summed E-state index contributed by atoms with van der Waals surface area (Å²) in [5, 5.41) is 1.37. The summed E-state index contributed by atoms with van der Waals surface area (Å²) in [6.07, 6.45) is 5.63. The predicted octanol–water partition coefficient (Wildman–Crippen LogP) is 3.71. The van der Waals surface area contributed by atoms with Gasteiger partial charge in [0.25, 0.3) is 5.91 Å². The maximum Gasteiger partial charge on any atom is 0.273 e. The van der Waals surface area contributed by atoms with Crippen LogP contribution in [-0.2, 0) is 13.1 Å². The van der Waals surface area contributed by atoms with Crippen LogP contribution in [0, 0.1) is 0 Å². The Morgan fingerprint density at radius 2 is 1.69 bits per heavy atom. The zero-order chi connectivity index (χ0) is 17.9. The number of halogens is 1. The van der Waals surface area contributed by atoms with Crippen molar-refractivity contribution in [2.45, 2.75) is 13.1 Å². The average molecular weight is 369 g/mol.